The van der Waals surface area contributed by atoms with Crippen LogP contribution < -0.4 is 25.4 Å². The molecule has 17 heteroatoms. The van der Waals surface area contributed by atoms with Crippen molar-refractivity contribution >= 4 is 36.2 Å². The van der Waals surface area contributed by atoms with Crippen molar-refractivity contribution in [3.63, 3.8) is 0 Å². The van der Waals surface area contributed by atoms with Crippen LogP contribution in [0.25, 0.3) is 0 Å². The van der Waals surface area contributed by atoms with E-state index < -0.39 is 47.7 Å². The molecule has 0 bridgehead atoms. The number of hydrogen-bond donors (Lipinski definition) is 3. The number of hydrogen-bond acceptors (Lipinski definition) is 14. The number of esters is 3. The standard InChI is InChI=1S/C53H61N3O14/c1-33(2)47(57)64-26-23-54-50(60)67-31-39-29-41(17-21-44(39)63-10)53(8,9)42-18-22-45(40(30-42)32-68-51(61)55-24-27-65-48(58)34(3)4)69-43-19-15-38(16-20-43)46(37-13-11-36(7)12-14-37)70-52(62)56-25-28-66-49(59)35(5)6/h11-22,29-30,46H,1,3,5,23-28,31-32H2,2,4,6-10H3,(H,54,60)(H,55,61)(H,56,62). The van der Waals surface area contributed by atoms with Gasteiger partial charge >= 0.3 is 36.2 Å². The Bertz CT molecular complexity index is 2530. The molecule has 0 aliphatic rings. The van der Waals surface area contributed by atoms with Gasteiger partial charge < -0.3 is 53.8 Å². The summed E-state index contributed by atoms with van der Waals surface area (Å²) in [6.45, 7) is 20.6. The molecule has 4 aromatic carbocycles. The first-order valence-electron chi connectivity index (χ1n) is 22.2. The lowest BCUT2D eigenvalue weighted by molar-refractivity contribution is -0.139. The zero-order valence-electron chi connectivity index (χ0n) is 40.7. The maximum atomic E-state index is 13.0. The number of aryl methyl sites for hydroxylation is 1. The van der Waals surface area contributed by atoms with Crippen LogP contribution in [0.15, 0.2) is 121 Å². The zero-order valence-corrected chi connectivity index (χ0v) is 40.7. The van der Waals surface area contributed by atoms with Gasteiger partial charge in [0.2, 0.25) is 0 Å². The van der Waals surface area contributed by atoms with Crippen molar-refractivity contribution in [3.05, 3.63) is 160 Å². The van der Waals surface area contributed by atoms with Gasteiger partial charge in [0.1, 0.15) is 50.3 Å². The van der Waals surface area contributed by atoms with Crippen molar-refractivity contribution in [1.82, 2.24) is 16.0 Å². The second kappa shape index (κ2) is 26.5. The fraction of sp³-hybridized carbons (Fsp3) is 0.321. The topological polar surface area (TPSA) is 212 Å². The molecule has 0 radical (unpaired) electrons. The number of benzene rings is 4. The molecule has 372 valence electrons. The summed E-state index contributed by atoms with van der Waals surface area (Å²) in [7, 11) is 1.51. The van der Waals surface area contributed by atoms with E-state index in [1.807, 2.05) is 69.3 Å². The SMILES string of the molecule is C=C(C)C(=O)OCCNC(=O)OCc1cc(C(C)(C)c2ccc(Oc3ccc(C(OC(=O)NCCOC(=O)C(=C)C)c4ccc(C)cc4)cc3)c(COC(=O)NCCOC(=O)C(=C)C)c2)ccc1OC. The molecule has 3 amide bonds. The van der Waals surface area contributed by atoms with Crippen molar-refractivity contribution in [2.45, 2.75) is 66.3 Å². The number of alkyl carbamates (subject to hydrolysis) is 3. The summed E-state index contributed by atoms with van der Waals surface area (Å²) < 4.78 is 44.1. The van der Waals surface area contributed by atoms with Gasteiger partial charge in [0.15, 0.2) is 6.10 Å². The molecule has 1 atom stereocenters. The smallest absolute Gasteiger partial charge is 0.408 e. The highest BCUT2D eigenvalue weighted by Crippen LogP contribution is 2.38. The minimum absolute atomic E-state index is 0.00345. The molecule has 0 heterocycles. The lowest BCUT2D eigenvalue weighted by atomic mass is 9.77. The average Bonchev–Trinajstić information content (AvgIpc) is 3.33. The fourth-order valence-corrected chi connectivity index (χ4v) is 6.33. The number of amides is 3. The van der Waals surface area contributed by atoms with Gasteiger partial charge in [-0.05, 0) is 86.3 Å². The fourth-order valence-electron chi connectivity index (χ4n) is 6.33. The van der Waals surface area contributed by atoms with Crippen molar-refractivity contribution in [2.24, 2.45) is 0 Å². The zero-order chi connectivity index (χ0) is 51.4. The van der Waals surface area contributed by atoms with Gasteiger partial charge in [-0.2, -0.15) is 0 Å². The van der Waals surface area contributed by atoms with E-state index in [9.17, 15) is 28.8 Å². The molecule has 0 aliphatic carbocycles. The van der Waals surface area contributed by atoms with Crippen molar-refractivity contribution in [2.75, 3.05) is 46.6 Å². The van der Waals surface area contributed by atoms with E-state index in [4.69, 9.17) is 37.9 Å². The first-order valence-corrected chi connectivity index (χ1v) is 22.2. The number of ether oxygens (including phenoxy) is 8. The Kier molecular flexibility index (Phi) is 20.6. The number of methoxy groups -OCH3 is 1. The van der Waals surface area contributed by atoms with E-state index >= 15 is 0 Å². The predicted molar refractivity (Wildman–Crippen MR) is 259 cm³/mol. The molecule has 4 rings (SSSR count). The Balaban J connectivity index is 1.57. The molecule has 0 saturated carbocycles. The Morgan fingerprint density at radius 3 is 1.37 bits per heavy atom. The van der Waals surface area contributed by atoms with E-state index in [1.54, 1.807) is 36.4 Å². The molecule has 17 nitrogen and oxygen atoms in total. The van der Waals surface area contributed by atoms with Crippen molar-refractivity contribution in [3.8, 4) is 17.2 Å². The van der Waals surface area contributed by atoms with Gasteiger partial charge in [-0.15, -0.1) is 0 Å². The van der Waals surface area contributed by atoms with Gasteiger partial charge in [-0.25, -0.2) is 28.8 Å². The lowest BCUT2D eigenvalue weighted by Gasteiger charge is -2.28. The van der Waals surface area contributed by atoms with Gasteiger partial charge in [0.25, 0.3) is 0 Å². The van der Waals surface area contributed by atoms with Crippen molar-refractivity contribution in [1.29, 1.82) is 0 Å². The largest absolute Gasteiger partial charge is 0.496 e. The number of carbonyl (C=O) groups excluding carboxylic acids is 6. The van der Waals surface area contributed by atoms with Crippen LogP contribution in [0.1, 0.15) is 79.7 Å². The van der Waals surface area contributed by atoms with E-state index in [2.05, 4.69) is 35.7 Å². The van der Waals surface area contributed by atoms with E-state index in [0.29, 0.717) is 39.5 Å². The molecule has 4 aromatic rings. The highest BCUT2D eigenvalue weighted by atomic mass is 16.6. The summed E-state index contributed by atoms with van der Waals surface area (Å²) in [5.41, 5.74) is 5.14. The average molecular weight is 964 g/mol. The van der Waals surface area contributed by atoms with E-state index in [1.165, 1.54) is 27.9 Å². The van der Waals surface area contributed by atoms with Crippen LogP contribution >= 0.6 is 0 Å². The van der Waals surface area contributed by atoms with Gasteiger partial charge in [-0.1, -0.05) is 87.7 Å². The molecule has 1 unspecified atom stereocenters. The minimum atomic E-state index is -0.812. The van der Waals surface area contributed by atoms with Crippen LogP contribution in [0, 0.1) is 6.92 Å². The number of carbonyl (C=O) groups is 6. The van der Waals surface area contributed by atoms with Crippen LogP contribution in [0.4, 0.5) is 14.4 Å². The predicted octanol–water partition coefficient (Wildman–Crippen LogP) is 8.75. The Labute approximate surface area is 408 Å². The van der Waals surface area contributed by atoms with Crippen LogP contribution in [0.2, 0.25) is 0 Å². The van der Waals surface area contributed by atoms with Gasteiger partial charge in [0, 0.05) is 33.3 Å². The quantitative estimate of drug-likeness (QED) is 0.0259. The van der Waals surface area contributed by atoms with Crippen molar-refractivity contribution < 1.29 is 66.7 Å². The molecule has 70 heavy (non-hydrogen) atoms. The third-order valence-corrected chi connectivity index (χ3v) is 10.4. The molecular formula is C53H61N3O14. The summed E-state index contributed by atoms with van der Waals surface area (Å²) in [6.07, 6.45) is -3.01. The highest BCUT2D eigenvalue weighted by molar-refractivity contribution is 5.87. The maximum absolute atomic E-state index is 13.0. The van der Waals surface area contributed by atoms with Gasteiger partial charge in [-0.3, -0.25) is 0 Å². The second-order valence-corrected chi connectivity index (χ2v) is 16.5. The number of rotatable bonds is 24. The lowest BCUT2D eigenvalue weighted by Crippen LogP contribution is -2.30. The molecule has 0 aromatic heterocycles. The summed E-state index contributed by atoms with van der Waals surface area (Å²) >= 11 is 0. The first-order chi connectivity index (χ1) is 33.3. The Hall–Kier alpha value is -8.08. The molecule has 0 spiro atoms. The Morgan fingerprint density at radius 2 is 0.943 bits per heavy atom. The van der Waals surface area contributed by atoms with Crippen LogP contribution in [0.5, 0.6) is 17.2 Å². The molecule has 0 fully saturated rings. The summed E-state index contributed by atoms with van der Waals surface area (Å²) in [4.78, 5) is 73.5. The van der Waals surface area contributed by atoms with Gasteiger partial charge in [0.05, 0.1) is 26.7 Å². The summed E-state index contributed by atoms with van der Waals surface area (Å²) in [6, 6.07) is 25.6. The normalized spacial score (nSPS) is 11.1. The highest BCUT2D eigenvalue weighted by Gasteiger charge is 2.27. The Morgan fingerprint density at radius 1 is 0.543 bits per heavy atom. The first kappa shape index (κ1) is 54.5. The third kappa shape index (κ3) is 16.9. The molecule has 3 N–H and O–H groups in total. The van der Waals surface area contributed by atoms with Crippen LogP contribution in [-0.2, 0) is 61.4 Å². The number of nitrogens with one attached hydrogen (secondary N) is 3. The molecular weight excluding hydrogens is 903 g/mol. The minimum Gasteiger partial charge on any atom is -0.496 e. The molecule has 0 aliphatic heterocycles. The van der Waals surface area contributed by atoms with Crippen LogP contribution in [-0.4, -0.2) is 82.8 Å². The van der Waals surface area contributed by atoms with Crippen LogP contribution in [0.3, 0.4) is 0 Å². The van der Waals surface area contributed by atoms with E-state index in [-0.39, 0.29) is 69.4 Å². The summed E-state index contributed by atoms with van der Waals surface area (Å²) in [5.74, 6) is -0.424. The molecule has 0 saturated heterocycles. The van der Waals surface area contributed by atoms with E-state index in [0.717, 1.165) is 16.7 Å². The maximum Gasteiger partial charge on any atom is 0.408 e. The summed E-state index contributed by atoms with van der Waals surface area (Å²) in [5, 5.41) is 7.72. The third-order valence-electron chi connectivity index (χ3n) is 10.4. The second-order valence-electron chi connectivity index (χ2n) is 16.5. The monoisotopic (exact) mass is 963 g/mol.